The summed E-state index contributed by atoms with van der Waals surface area (Å²) in [6, 6.07) is 22.3. The predicted molar refractivity (Wildman–Crippen MR) is 190 cm³/mol. The van der Waals surface area contributed by atoms with Crippen LogP contribution < -0.4 is 30.3 Å². The number of hydrogen-bond donors (Lipinski definition) is 4. The molecule has 0 bridgehead atoms. The molecule has 14 heteroatoms. The molecule has 284 valence electrons. The van der Waals surface area contributed by atoms with Gasteiger partial charge in [0.15, 0.2) is 0 Å². The smallest absolute Gasteiger partial charge is 0.310 e. The van der Waals surface area contributed by atoms with E-state index < -0.39 is 35.7 Å². The van der Waals surface area contributed by atoms with E-state index in [9.17, 15) is 29.4 Å². The third-order valence-electron chi connectivity index (χ3n) is 8.83. The van der Waals surface area contributed by atoms with Gasteiger partial charge >= 0.3 is 11.9 Å². The van der Waals surface area contributed by atoms with E-state index in [0.29, 0.717) is 0 Å². The molecule has 0 saturated carbocycles. The summed E-state index contributed by atoms with van der Waals surface area (Å²) in [5.74, 6) is -2.81. The van der Waals surface area contributed by atoms with E-state index in [1.54, 1.807) is 28.1 Å². The van der Waals surface area contributed by atoms with Crippen LogP contribution in [0.4, 0.5) is 0 Å². The standard InChI is InChI=1S/2C14H14O3.2C5H9NO2.2H2O/c2*1-9(14(15)16)10-3-4-12-8-13(17-2)6-5-11(12)7-10;2*7-5(8)4-2-1-3-6-4;;/h2*3-9H,1-2H3,(H,15,16);2*4,6H,1-3H2,(H,7,8);2*1H2/t2*9-;2*4-;;/m1000../s1. The van der Waals surface area contributed by atoms with Crippen molar-refractivity contribution in [2.45, 2.75) is 63.5 Å². The van der Waals surface area contributed by atoms with Crippen molar-refractivity contribution in [3.8, 4) is 11.5 Å². The molecule has 14 nitrogen and oxygen atoms in total. The van der Waals surface area contributed by atoms with E-state index in [1.165, 1.54) is 0 Å². The van der Waals surface area contributed by atoms with Crippen LogP contribution in [0.25, 0.3) is 21.5 Å². The summed E-state index contributed by atoms with van der Waals surface area (Å²) in [4.78, 5) is 42.0. The van der Waals surface area contributed by atoms with Crippen LogP contribution >= 0.6 is 0 Å². The highest BCUT2D eigenvalue weighted by molar-refractivity contribution is 5.87. The number of nitrogens with two attached hydrogens (primary N) is 2. The van der Waals surface area contributed by atoms with Crippen molar-refractivity contribution in [1.29, 1.82) is 0 Å². The lowest BCUT2D eigenvalue weighted by molar-refractivity contribution is -0.664. The minimum atomic E-state index is -0.914. The number of fused-ring (bicyclic) bond motifs is 2. The van der Waals surface area contributed by atoms with Crippen molar-refractivity contribution in [3.63, 3.8) is 0 Å². The molecule has 52 heavy (non-hydrogen) atoms. The van der Waals surface area contributed by atoms with Crippen LogP contribution in [-0.2, 0) is 19.2 Å². The molecule has 2 fully saturated rings. The van der Waals surface area contributed by atoms with E-state index in [2.05, 4.69) is 0 Å². The number of ether oxygens (including phenoxy) is 2. The van der Waals surface area contributed by atoms with Gasteiger partial charge in [0.05, 0.1) is 51.1 Å². The third kappa shape index (κ3) is 13.1. The summed E-state index contributed by atoms with van der Waals surface area (Å²) >= 11 is 0. The van der Waals surface area contributed by atoms with Crippen LogP contribution in [0.5, 0.6) is 11.5 Å². The van der Waals surface area contributed by atoms with Gasteiger partial charge in [-0.2, -0.15) is 0 Å². The van der Waals surface area contributed by atoms with Gasteiger partial charge in [-0.05, 0) is 70.8 Å². The molecule has 2 aliphatic heterocycles. The Balaban J connectivity index is 0.000000362. The van der Waals surface area contributed by atoms with Gasteiger partial charge in [0.1, 0.15) is 23.6 Å². The highest BCUT2D eigenvalue weighted by Gasteiger charge is 2.19. The highest BCUT2D eigenvalue weighted by Crippen LogP contribution is 2.26. The first-order valence-corrected chi connectivity index (χ1v) is 16.5. The average molecular weight is 727 g/mol. The van der Waals surface area contributed by atoms with Crippen LogP contribution in [-0.4, -0.2) is 84.4 Å². The molecule has 0 spiro atoms. The Kier molecular flexibility index (Phi) is 18.8. The van der Waals surface area contributed by atoms with Crippen LogP contribution in [0.2, 0.25) is 0 Å². The van der Waals surface area contributed by atoms with Gasteiger partial charge in [-0.3, -0.25) is 9.59 Å². The molecular formula is C38H50N2O12. The summed E-state index contributed by atoms with van der Waals surface area (Å²) in [5, 5.41) is 45.8. The third-order valence-corrected chi connectivity index (χ3v) is 8.83. The Bertz CT molecular complexity index is 1640. The molecule has 2 heterocycles. The molecular weight excluding hydrogens is 676 g/mol. The molecule has 0 aromatic heterocycles. The maximum absolute atomic E-state index is 10.9. The van der Waals surface area contributed by atoms with Crippen molar-refractivity contribution in [2.24, 2.45) is 0 Å². The maximum atomic E-state index is 10.9. The molecule has 0 amide bonds. The zero-order valence-corrected chi connectivity index (χ0v) is 29.8. The van der Waals surface area contributed by atoms with Gasteiger partial charge in [-0.1, -0.05) is 48.5 Å². The van der Waals surface area contributed by atoms with E-state index >= 15 is 0 Å². The number of quaternary nitrogens is 2. The van der Waals surface area contributed by atoms with Crippen molar-refractivity contribution in [3.05, 3.63) is 83.9 Å². The molecule has 4 atom stereocenters. The fourth-order valence-electron chi connectivity index (χ4n) is 5.54. The first-order valence-electron chi connectivity index (χ1n) is 16.5. The molecule has 10 N–H and O–H groups in total. The number of carboxylic acid groups (broad SMARTS) is 4. The fourth-order valence-corrected chi connectivity index (χ4v) is 5.54. The Labute approximate surface area is 302 Å². The second-order valence-corrected chi connectivity index (χ2v) is 12.2. The molecule has 2 aliphatic rings. The summed E-state index contributed by atoms with van der Waals surface area (Å²) in [6.07, 6.45) is 3.59. The highest BCUT2D eigenvalue weighted by atomic mass is 16.5. The Hall–Kier alpha value is -5.28. The molecule has 4 aromatic carbocycles. The number of carbonyl (C=O) groups excluding carboxylic acids is 2. The lowest BCUT2D eigenvalue weighted by atomic mass is 9.98. The average Bonchev–Trinajstić information content (AvgIpc) is 3.87. The minimum Gasteiger partial charge on any atom is -0.544 e. The number of benzene rings is 4. The summed E-state index contributed by atoms with van der Waals surface area (Å²) < 4.78 is 10.3. The van der Waals surface area contributed by atoms with Gasteiger partial charge in [-0.25, -0.2) is 0 Å². The largest absolute Gasteiger partial charge is 0.544 e. The number of carboxylic acids is 4. The second-order valence-electron chi connectivity index (χ2n) is 12.2. The van der Waals surface area contributed by atoms with Crippen LogP contribution in [0.15, 0.2) is 72.8 Å². The second kappa shape index (κ2) is 21.8. The topological polar surface area (TPSA) is 270 Å². The van der Waals surface area contributed by atoms with Crippen molar-refractivity contribution in [2.75, 3.05) is 27.3 Å². The van der Waals surface area contributed by atoms with Gasteiger partial charge in [0, 0.05) is 25.7 Å². The first kappa shape index (κ1) is 44.7. The predicted octanol–water partition coefficient (Wildman–Crippen LogP) is -0.652. The van der Waals surface area contributed by atoms with Crippen molar-refractivity contribution >= 4 is 45.4 Å². The summed E-state index contributed by atoms with van der Waals surface area (Å²) in [7, 11) is 3.25. The molecule has 4 aromatic rings. The van der Waals surface area contributed by atoms with Gasteiger partial charge in [0.2, 0.25) is 0 Å². The van der Waals surface area contributed by atoms with Crippen molar-refractivity contribution < 1.29 is 70.7 Å². The number of methoxy groups -OCH3 is 2. The van der Waals surface area contributed by atoms with E-state index in [0.717, 1.165) is 82.9 Å². The Morgan fingerprint density at radius 1 is 0.615 bits per heavy atom. The number of carbonyl (C=O) groups is 4. The Morgan fingerprint density at radius 2 is 0.942 bits per heavy atom. The number of rotatable bonds is 8. The lowest BCUT2D eigenvalue weighted by Gasteiger charge is -2.08. The monoisotopic (exact) mass is 726 g/mol. The molecule has 6 rings (SSSR count). The van der Waals surface area contributed by atoms with E-state index in [4.69, 9.17) is 19.7 Å². The summed E-state index contributed by atoms with van der Waals surface area (Å²) in [5.41, 5.74) is 1.63. The summed E-state index contributed by atoms with van der Waals surface area (Å²) in [6.45, 7) is 5.26. The van der Waals surface area contributed by atoms with Crippen LogP contribution in [0.3, 0.4) is 0 Å². The van der Waals surface area contributed by atoms with Gasteiger partial charge in [-0.15, -0.1) is 0 Å². The first-order chi connectivity index (χ1) is 23.8. The van der Waals surface area contributed by atoms with Crippen molar-refractivity contribution in [1.82, 2.24) is 0 Å². The van der Waals surface area contributed by atoms with Gasteiger partial charge in [0.25, 0.3) is 0 Å². The zero-order valence-electron chi connectivity index (χ0n) is 29.8. The zero-order chi connectivity index (χ0) is 36.8. The van der Waals surface area contributed by atoms with E-state index in [1.807, 2.05) is 83.4 Å². The lowest BCUT2D eigenvalue weighted by Crippen LogP contribution is -2.89. The minimum absolute atomic E-state index is 0. The number of aliphatic carboxylic acids is 4. The molecule has 0 aliphatic carbocycles. The quantitative estimate of drug-likeness (QED) is 0.178. The fraction of sp³-hybridized carbons (Fsp3) is 0.368. The van der Waals surface area contributed by atoms with Crippen LogP contribution in [0, 0.1) is 0 Å². The van der Waals surface area contributed by atoms with E-state index in [-0.39, 0.29) is 23.0 Å². The van der Waals surface area contributed by atoms with Gasteiger partial charge < -0.3 is 61.1 Å². The van der Waals surface area contributed by atoms with Crippen LogP contribution in [0.1, 0.15) is 62.5 Å². The molecule has 2 saturated heterocycles. The normalized spacial score (nSPS) is 16.8. The maximum Gasteiger partial charge on any atom is 0.310 e. The molecule has 0 unspecified atom stereocenters. The molecule has 0 radical (unpaired) electrons. The Morgan fingerprint density at radius 3 is 1.19 bits per heavy atom. The SMILES string of the molecule is COc1ccc2cc([C@@H](C)C(=O)O)ccc2c1.COc1ccc2cc([C@H](C)C(=O)O)ccc2c1.O.O.O=C([O-])[C@@H]1CCC[NH2+]1.O=C([O-])[C@@H]1CCC[NH2+]1. The number of hydrogen-bond acceptors (Lipinski definition) is 8.